The van der Waals surface area contributed by atoms with Crippen LogP contribution in [0.4, 0.5) is 5.69 Å². The summed E-state index contributed by atoms with van der Waals surface area (Å²) in [7, 11) is 0. The molecule has 2 rings (SSSR count). The third-order valence-corrected chi connectivity index (χ3v) is 3.70. The third-order valence-electron chi connectivity index (χ3n) is 2.43. The summed E-state index contributed by atoms with van der Waals surface area (Å²) in [5.74, 6) is 0.0603. The van der Waals surface area contributed by atoms with Crippen LogP contribution in [0.25, 0.3) is 0 Å². The second kappa shape index (κ2) is 5.34. The van der Waals surface area contributed by atoms with Crippen LogP contribution < -0.4 is 5.32 Å². The largest absolute Gasteiger partial charge is 0.377 e. The van der Waals surface area contributed by atoms with E-state index in [1.54, 1.807) is 12.1 Å². The van der Waals surface area contributed by atoms with E-state index in [9.17, 15) is 4.79 Å². The molecule has 1 N–H and O–H groups in total. The van der Waals surface area contributed by atoms with E-state index in [1.165, 1.54) is 11.3 Å². The van der Waals surface area contributed by atoms with Gasteiger partial charge < -0.3 is 5.32 Å². The lowest BCUT2D eigenvalue weighted by atomic mass is 10.2. The van der Waals surface area contributed by atoms with Gasteiger partial charge in [-0.25, -0.2) is 0 Å². The van der Waals surface area contributed by atoms with E-state index in [1.807, 2.05) is 31.2 Å². The summed E-state index contributed by atoms with van der Waals surface area (Å²) >= 11 is 7.10. The molecule has 1 heterocycles. The lowest BCUT2D eigenvalue weighted by Gasteiger charge is -2.07. The monoisotopic (exact) mass is 265 g/mol. The quantitative estimate of drug-likeness (QED) is 0.847. The number of carbonyl (C=O) groups is 1. The smallest absolute Gasteiger partial charge is 0.191 e. The number of benzene rings is 1. The first-order valence-electron chi connectivity index (χ1n) is 5.25. The van der Waals surface area contributed by atoms with Gasteiger partial charge in [-0.3, -0.25) is 4.79 Å². The van der Waals surface area contributed by atoms with Crippen LogP contribution in [0.15, 0.2) is 36.4 Å². The minimum absolute atomic E-state index is 0.0603. The molecule has 0 amide bonds. The van der Waals surface area contributed by atoms with Crippen LogP contribution >= 0.6 is 22.9 Å². The lowest BCUT2D eigenvalue weighted by Crippen LogP contribution is -2.13. The lowest BCUT2D eigenvalue weighted by molar-refractivity contribution is 0.101. The second-order valence-electron chi connectivity index (χ2n) is 3.70. The number of Topliss-reactive ketones (excluding diaryl/α,β-unsaturated/α-hetero) is 1. The van der Waals surface area contributed by atoms with Crippen molar-refractivity contribution in [3.63, 3.8) is 0 Å². The molecular weight excluding hydrogens is 254 g/mol. The summed E-state index contributed by atoms with van der Waals surface area (Å²) in [5.41, 5.74) is 2.12. The first-order chi connectivity index (χ1) is 8.16. The maximum absolute atomic E-state index is 11.8. The molecule has 0 aliphatic heterocycles. The molecule has 0 bridgehead atoms. The van der Waals surface area contributed by atoms with Gasteiger partial charge in [0, 0.05) is 5.69 Å². The molecule has 2 aromatic rings. The summed E-state index contributed by atoms with van der Waals surface area (Å²) < 4.78 is 0.643. The van der Waals surface area contributed by atoms with Gasteiger partial charge in [-0.1, -0.05) is 29.8 Å². The van der Waals surface area contributed by atoms with Crippen LogP contribution in [0, 0.1) is 6.92 Å². The highest BCUT2D eigenvalue weighted by Gasteiger charge is 2.08. The summed E-state index contributed by atoms with van der Waals surface area (Å²) in [6, 6.07) is 11.4. The number of ketones is 1. The number of hydrogen-bond acceptors (Lipinski definition) is 3. The molecule has 0 unspecified atom stereocenters. The second-order valence-corrected chi connectivity index (χ2v) is 5.41. The van der Waals surface area contributed by atoms with Crippen LogP contribution in [0.2, 0.25) is 4.34 Å². The zero-order chi connectivity index (χ0) is 12.3. The van der Waals surface area contributed by atoms with Crippen LogP contribution in [0.3, 0.4) is 0 Å². The SMILES string of the molecule is Cc1ccccc1NCC(=O)c1ccc(Cl)s1. The summed E-state index contributed by atoms with van der Waals surface area (Å²) in [6.07, 6.45) is 0. The normalized spacial score (nSPS) is 10.2. The Morgan fingerprint density at radius 2 is 2.06 bits per heavy atom. The Labute approximate surface area is 109 Å². The van der Waals surface area contributed by atoms with Crippen molar-refractivity contribution in [2.75, 3.05) is 11.9 Å². The molecule has 4 heteroatoms. The topological polar surface area (TPSA) is 29.1 Å². The molecule has 0 spiro atoms. The Kier molecular flexibility index (Phi) is 3.82. The Hall–Kier alpha value is -1.32. The number of aryl methyl sites for hydroxylation is 1. The van der Waals surface area contributed by atoms with Gasteiger partial charge in [0.05, 0.1) is 15.8 Å². The van der Waals surface area contributed by atoms with Gasteiger partial charge in [-0.15, -0.1) is 11.3 Å². The molecule has 0 fully saturated rings. The third kappa shape index (κ3) is 3.08. The van der Waals surface area contributed by atoms with Gasteiger partial charge in [0.15, 0.2) is 5.78 Å². The number of anilines is 1. The van der Waals surface area contributed by atoms with Gasteiger partial charge in [-0.05, 0) is 30.7 Å². The molecule has 1 aromatic carbocycles. The van der Waals surface area contributed by atoms with E-state index in [0.29, 0.717) is 15.8 Å². The number of para-hydroxylation sites is 1. The molecule has 0 radical (unpaired) electrons. The predicted molar refractivity (Wildman–Crippen MR) is 73.3 cm³/mol. The average molecular weight is 266 g/mol. The first-order valence-corrected chi connectivity index (χ1v) is 6.44. The standard InChI is InChI=1S/C13H12ClNOS/c1-9-4-2-3-5-10(9)15-8-11(16)12-6-7-13(14)17-12/h2-7,15H,8H2,1H3. The molecule has 17 heavy (non-hydrogen) atoms. The van der Waals surface area contributed by atoms with Crippen molar-refractivity contribution in [1.29, 1.82) is 0 Å². The highest BCUT2D eigenvalue weighted by molar-refractivity contribution is 7.18. The molecule has 88 valence electrons. The van der Waals surface area contributed by atoms with Crippen LogP contribution in [0.5, 0.6) is 0 Å². The number of rotatable bonds is 4. The minimum Gasteiger partial charge on any atom is -0.377 e. The van der Waals surface area contributed by atoms with Gasteiger partial charge >= 0.3 is 0 Å². The zero-order valence-electron chi connectivity index (χ0n) is 9.37. The van der Waals surface area contributed by atoms with Crippen molar-refractivity contribution >= 4 is 34.4 Å². The number of hydrogen-bond donors (Lipinski definition) is 1. The van der Waals surface area contributed by atoms with Gasteiger partial charge in [0.25, 0.3) is 0 Å². The molecular formula is C13H12ClNOS. The molecule has 2 nitrogen and oxygen atoms in total. The molecule has 0 aliphatic rings. The summed E-state index contributed by atoms with van der Waals surface area (Å²) in [6.45, 7) is 2.30. The van der Waals surface area contributed by atoms with E-state index in [0.717, 1.165) is 11.3 Å². The minimum atomic E-state index is 0.0603. The van der Waals surface area contributed by atoms with Gasteiger partial charge in [-0.2, -0.15) is 0 Å². The fraction of sp³-hybridized carbons (Fsp3) is 0.154. The van der Waals surface area contributed by atoms with E-state index in [2.05, 4.69) is 5.32 Å². The molecule has 0 saturated carbocycles. The van der Waals surface area contributed by atoms with Gasteiger partial charge in [0.2, 0.25) is 0 Å². The van der Waals surface area contributed by atoms with Crippen LogP contribution in [-0.4, -0.2) is 12.3 Å². The van der Waals surface area contributed by atoms with Crippen molar-refractivity contribution in [3.8, 4) is 0 Å². The van der Waals surface area contributed by atoms with Crippen molar-refractivity contribution in [3.05, 3.63) is 51.2 Å². The summed E-state index contributed by atoms with van der Waals surface area (Å²) in [5, 5.41) is 3.13. The highest BCUT2D eigenvalue weighted by atomic mass is 35.5. The predicted octanol–water partition coefficient (Wildman–Crippen LogP) is 4.00. The fourth-order valence-corrected chi connectivity index (χ4v) is 2.48. The maximum Gasteiger partial charge on any atom is 0.191 e. The van der Waals surface area contributed by atoms with Crippen molar-refractivity contribution in [2.45, 2.75) is 6.92 Å². The summed E-state index contributed by atoms with van der Waals surface area (Å²) in [4.78, 5) is 12.5. The number of carbonyl (C=O) groups excluding carboxylic acids is 1. The molecule has 1 aromatic heterocycles. The van der Waals surface area contributed by atoms with E-state index >= 15 is 0 Å². The highest BCUT2D eigenvalue weighted by Crippen LogP contribution is 2.22. The Balaban J connectivity index is 1.99. The van der Waals surface area contributed by atoms with Gasteiger partial charge in [0.1, 0.15) is 0 Å². The zero-order valence-corrected chi connectivity index (χ0v) is 10.9. The molecule has 0 aliphatic carbocycles. The van der Waals surface area contributed by atoms with Crippen molar-refractivity contribution in [1.82, 2.24) is 0 Å². The fourth-order valence-electron chi connectivity index (χ4n) is 1.50. The first kappa shape index (κ1) is 12.1. The van der Waals surface area contributed by atoms with Crippen molar-refractivity contribution in [2.24, 2.45) is 0 Å². The molecule has 0 saturated heterocycles. The maximum atomic E-state index is 11.8. The van der Waals surface area contributed by atoms with E-state index in [-0.39, 0.29) is 5.78 Å². The number of nitrogens with one attached hydrogen (secondary N) is 1. The number of halogens is 1. The van der Waals surface area contributed by atoms with E-state index < -0.39 is 0 Å². The van der Waals surface area contributed by atoms with Crippen molar-refractivity contribution < 1.29 is 4.79 Å². The van der Waals surface area contributed by atoms with E-state index in [4.69, 9.17) is 11.6 Å². The molecule has 0 atom stereocenters. The Morgan fingerprint density at radius 3 is 2.71 bits per heavy atom. The van der Waals surface area contributed by atoms with Crippen LogP contribution in [-0.2, 0) is 0 Å². The Morgan fingerprint density at radius 1 is 1.29 bits per heavy atom. The number of thiophene rings is 1. The average Bonchev–Trinajstić information content (AvgIpc) is 2.74. The van der Waals surface area contributed by atoms with Crippen LogP contribution in [0.1, 0.15) is 15.2 Å². The Bertz CT molecular complexity index is 536.